The minimum atomic E-state index is -0.203. The molecule has 0 radical (unpaired) electrons. The molecule has 2 heterocycles. The van der Waals surface area contributed by atoms with Gasteiger partial charge in [0.25, 0.3) is 0 Å². The number of benzene rings is 2. The Labute approximate surface area is 144 Å². The second kappa shape index (κ2) is 5.73. The van der Waals surface area contributed by atoms with Crippen LogP contribution in [-0.2, 0) is 17.9 Å². The molecule has 0 bridgehead atoms. The van der Waals surface area contributed by atoms with Crippen LogP contribution in [-0.4, -0.2) is 17.4 Å². The third-order valence-corrected chi connectivity index (χ3v) is 5.14. The van der Waals surface area contributed by atoms with E-state index in [0.717, 1.165) is 27.5 Å². The standard InChI is InChI=1S/C18H15Cl2NO2/c19-12-4-5-17-14(8-12)13(6-7-23-17)18(22)21-9-11-2-1-3-16(20)15(11)10-21/h1-5,8,13H,6-7,9-10H2. The van der Waals surface area contributed by atoms with Crippen LogP contribution in [0.1, 0.15) is 29.0 Å². The van der Waals surface area contributed by atoms with Gasteiger partial charge in [-0.25, -0.2) is 0 Å². The molecule has 0 aliphatic carbocycles. The van der Waals surface area contributed by atoms with Crippen LogP contribution in [0.3, 0.4) is 0 Å². The molecule has 0 spiro atoms. The summed E-state index contributed by atoms with van der Waals surface area (Å²) in [6.07, 6.45) is 0.673. The van der Waals surface area contributed by atoms with Crippen LogP contribution < -0.4 is 4.74 Å². The minimum absolute atomic E-state index is 0.115. The maximum atomic E-state index is 13.0. The maximum Gasteiger partial charge on any atom is 0.230 e. The molecule has 2 aromatic carbocycles. The Morgan fingerprint density at radius 3 is 2.87 bits per heavy atom. The first-order valence-corrected chi connectivity index (χ1v) is 8.36. The van der Waals surface area contributed by atoms with E-state index in [1.54, 1.807) is 6.07 Å². The highest BCUT2D eigenvalue weighted by Crippen LogP contribution is 2.38. The van der Waals surface area contributed by atoms with Gasteiger partial charge in [0, 0.05) is 28.7 Å². The van der Waals surface area contributed by atoms with Gasteiger partial charge in [-0.05, 0) is 41.8 Å². The fourth-order valence-corrected chi connectivity index (χ4v) is 3.81. The molecule has 23 heavy (non-hydrogen) atoms. The Morgan fingerprint density at radius 1 is 1.17 bits per heavy atom. The molecule has 3 nitrogen and oxygen atoms in total. The summed E-state index contributed by atoms with van der Waals surface area (Å²) in [7, 11) is 0. The van der Waals surface area contributed by atoms with Gasteiger partial charge in [-0.3, -0.25) is 4.79 Å². The molecule has 0 saturated carbocycles. The van der Waals surface area contributed by atoms with Crippen LogP contribution in [0.15, 0.2) is 36.4 Å². The Hall–Kier alpha value is -1.71. The molecule has 0 saturated heterocycles. The summed E-state index contributed by atoms with van der Waals surface area (Å²) >= 11 is 12.4. The third-order valence-electron chi connectivity index (χ3n) is 4.55. The van der Waals surface area contributed by atoms with Crippen LogP contribution in [0, 0.1) is 0 Å². The van der Waals surface area contributed by atoms with Crippen LogP contribution in [0.25, 0.3) is 0 Å². The van der Waals surface area contributed by atoms with Gasteiger partial charge in [-0.15, -0.1) is 0 Å². The highest BCUT2D eigenvalue weighted by Gasteiger charge is 2.34. The lowest BCUT2D eigenvalue weighted by molar-refractivity contribution is -0.134. The Morgan fingerprint density at radius 2 is 2.04 bits per heavy atom. The number of amides is 1. The second-order valence-corrected chi connectivity index (χ2v) is 6.79. The summed E-state index contributed by atoms with van der Waals surface area (Å²) in [5.74, 6) is 0.670. The fraction of sp³-hybridized carbons (Fsp3) is 0.278. The van der Waals surface area contributed by atoms with Crippen LogP contribution in [0.4, 0.5) is 0 Å². The zero-order valence-electron chi connectivity index (χ0n) is 12.4. The van der Waals surface area contributed by atoms with Crippen LogP contribution in [0.2, 0.25) is 10.0 Å². The van der Waals surface area contributed by atoms with Crippen molar-refractivity contribution in [2.75, 3.05) is 6.61 Å². The number of ether oxygens (including phenoxy) is 1. The van der Waals surface area contributed by atoms with Gasteiger partial charge in [0.05, 0.1) is 12.5 Å². The first-order valence-electron chi connectivity index (χ1n) is 7.61. The number of rotatable bonds is 1. The fourth-order valence-electron chi connectivity index (χ4n) is 3.38. The van der Waals surface area contributed by atoms with Gasteiger partial charge >= 0.3 is 0 Å². The summed E-state index contributed by atoms with van der Waals surface area (Å²) in [5.41, 5.74) is 3.07. The van der Waals surface area contributed by atoms with Crippen molar-refractivity contribution in [3.05, 3.63) is 63.1 Å². The normalized spacial score (nSPS) is 19.0. The Balaban J connectivity index is 1.63. The largest absolute Gasteiger partial charge is 0.493 e. The summed E-state index contributed by atoms with van der Waals surface area (Å²) in [6.45, 7) is 1.73. The molecule has 1 unspecified atom stereocenters. The van der Waals surface area contributed by atoms with Gasteiger partial charge in [0.1, 0.15) is 5.75 Å². The average Bonchev–Trinajstić information content (AvgIpc) is 2.99. The number of hydrogen-bond acceptors (Lipinski definition) is 2. The van der Waals surface area contributed by atoms with Crippen molar-refractivity contribution in [1.82, 2.24) is 4.90 Å². The lowest BCUT2D eigenvalue weighted by atomic mass is 9.92. The Bertz CT molecular complexity index is 791. The minimum Gasteiger partial charge on any atom is -0.493 e. The molecule has 1 atom stereocenters. The zero-order chi connectivity index (χ0) is 16.0. The van der Waals surface area contributed by atoms with E-state index in [4.69, 9.17) is 27.9 Å². The average molecular weight is 348 g/mol. The molecule has 2 aliphatic heterocycles. The highest BCUT2D eigenvalue weighted by atomic mass is 35.5. The summed E-state index contributed by atoms with van der Waals surface area (Å²) in [5, 5.41) is 1.35. The van der Waals surface area contributed by atoms with Crippen LogP contribution in [0.5, 0.6) is 5.75 Å². The molecule has 0 N–H and O–H groups in total. The van der Waals surface area contributed by atoms with Crippen molar-refractivity contribution < 1.29 is 9.53 Å². The molecular formula is C18H15Cl2NO2. The molecule has 5 heteroatoms. The van der Waals surface area contributed by atoms with Crippen molar-refractivity contribution in [3.8, 4) is 5.75 Å². The lowest BCUT2D eigenvalue weighted by Crippen LogP contribution is -2.33. The van der Waals surface area contributed by atoms with E-state index in [1.165, 1.54) is 0 Å². The molecule has 1 amide bonds. The van der Waals surface area contributed by atoms with Crippen molar-refractivity contribution in [2.45, 2.75) is 25.4 Å². The molecular weight excluding hydrogens is 333 g/mol. The van der Waals surface area contributed by atoms with Crippen molar-refractivity contribution >= 4 is 29.1 Å². The monoisotopic (exact) mass is 347 g/mol. The van der Waals surface area contributed by atoms with Crippen LogP contribution >= 0.6 is 23.2 Å². The van der Waals surface area contributed by atoms with Gasteiger partial charge < -0.3 is 9.64 Å². The summed E-state index contributed by atoms with van der Waals surface area (Å²) < 4.78 is 5.65. The van der Waals surface area contributed by atoms with Crippen molar-refractivity contribution in [3.63, 3.8) is 0 Å². The number of hydrogen-bond donors (Lipinski definition) is 0. The first-order chi connectivity index (χ1) is 11.1. The van der Waals surface area contributed by atoms with E-state index in [1.807, 2.05) is 35.2 Å². The maximum absolute atomic E-state index is 13.0. The van der Waals surface area contributed by atoms with Gasteiger partial charge in [0.15, 0.2) is 0 Å². The SMILES string of the molecule is O=C(C1CCOc2ccc(Cl)cc21)N1Cc2cccc(Cl)c2C1. The predicted octanol–water partition coefficient (Wildman–Crippen LogP) is 4.40. The molecule has 4 rings (SSSR count). The number of halogens is 2. The van der Waals surface area contributed by atoms with E-state index >= 15 is 0 Å². The quantitative estimate of drug-likeness (QED) is 0.764. The predicted molar refractivity (Wildman–Crippen MR) is 90.0 cm³/mol. The molecule has 0 fully saturated rings. The second-order valence-electron chi connectivity index (χ2n) is 5.94. The van der Waals surface area contributed by atoms with Crippen molar-refractivity contribution in [1.29, 1.82) is 0 Å². The molecule has 0 aromatic heterocycles. The van der Waals surface area contributed by atoms with E-state index in [9.17, 15) is 4.79 Å². The number of fused-ring (bicyclic) bond motifs is 2. The van der Waals surface area contributed by atoms with E-state index in [-0.39, 0.29) is 11.8 Å². The molecule has 118 valence electrons. The number of nitrogens with zero attached hydrogens (tertiary/aromatic N) is 1. The summed E-state index contributed by atoms with van der Waals surface area (Å²) in [6, 6.07) is 11.3. The van der Waals surface area contributed by atoms with E-state index < -0.39 is 0 Å². The third kappa shape index (κ3) is 2.58. The molecule has 2 aromatic rings. The van der Waals surface area contributed by atoms with Crippen molar-refractivity contribution in [2.24, 2.45) is 0 Å². The zero-order valence-corrected chi connectivity index (χ0v) is 13.9. The smallest absolute Gasteiger partial charge is 0.230 e. The lowest BCUT2D eigenvalue weighted by Gasteiger charge is -2.28. The van der Waals surface area contributed by atoms with Gasteiger partial charge in [-0.2, -0.15) is 0 Å². The summed E-state index contributed by atoms with van der Waals surface area (Å²) in [4.78, 5) is 14.9. The Kier molecular flexibility index (Phi) is 3.70. The number of carbonyl (C=O) groups is 1. The van der Waals surface area contributed by atoms with E-state index in [2.05, 4.69) is 0 Å². The highest BCUT2D eigenvalue weighted by molar-refractivity contribution is 6.31. The van der Waals surface area contributed by atoms with Gasteiger partial charge in [-0.1, -0.05) is 35.3 Å². The topological polar surface area (TPSA) is 29.5 Å². The number of carbonyl (C=O) groups excluding carboxylic acids is 1. The van der Waals surface area contributed by atoms with E-state index in [0.29, 0.717) is 31.1 Å². The van der Waals surface area contributed by atoms with Gasteiger partial charge in [0.2, 0.25) is 5.91 Å². The molecule has 2 aliphatic rings. The first kappa shape index (κ1) is 14.9.